The van der Waals surface area contributed by atoms with Gasteiger partial charge in [-0.25, -0.2) is 13.6 Å². The molecule has 1 amide bonds. The molecule has 0 unspecified atom stereocenters. The molecule has 4 rings (SSSR count). The van der Waals surface area contributed by atoms with Crippen molar-refractivity contribution in [1.82, 2.24) is 20.0 Å². The summed E-state index contributed by atoms with van der Waals surface area (Å²) in [4.78, 5) is 15.9. The minimum Gasteiger partial charge on any atom is -0.465 e. The number of nitrogens with one attached hydrogen (secondary N) is 1. The van der Waals surface area contributed by atoms with Crippen molar-refractivity contribution in [3.05, 3.63) is 52.9 Å². The molecule has 2 aliphatic heterocycles. The van der Waals surface area contributed by atoms with E-state index in [1.807, 2.05) is 0 Å². The molecule has 180 valence electrons. The van der Waals surface area contributed by atoms with Crippen molar-refractivity contribution in [2.75, 3.05) is 20.3 Å². The Morgan fingerprint density at radius 1 is 1.36 bits per heavy atom. The number of fused-ring (bicyclic) bond motifs is 1. The Balaban J connectivity index is 1.69. The number of hydrogen-bond acceptors (Lipinski definition) is 5. The van der Waals surface area contributed by atoms with Gasteiger partial charge in [-0.1, -0.05) is 0 Å². The van der Waals surface area contributed by atoms with E-state index in [4.69, 9.17) is 9.47 Å². The third-order valence-corrected chi connectivity index (χ3v) is 6.50. The lowest BCUT2D eigenvalue weighted by Gasteiger charge is -2.48. The van der Waals surface area contributed by atoms with E-state index in [0.717, 1.165) is 29.5 Å². The number of H-pyrrole nitrogens is 1. The van der Waals surface area contributed by atoms with Gasteiger partial charge in [0, 0.05) is 36.4 Å². The molecule has 0 bridgehead atoms. The largest absolute Gasteiger partial charge is 0.465 e. The fraction of sp³-hybridized carbons (Fsp3) is 0.565. The molecule has 1 fully saturated rings. The van der Waals surface area contributed by atoms with Gasteiger partial charge in [-0.05, 0) is 45.4 Å². The Morgan fingerprint density at radius 2 is 2.12 bits per heavy atom. The summed E-state index contributed by atoms with van der Waals surface area (Å²) in [5.41, 5.74) is 1.27. The van der Waals surface area contributed by atoms with Gasteiger partial charge in [-0.3, -0.25) is 14.9 Å². The first-order valence-corrected chi connectivity index (χ1v) is 11.0. The number of methoxy groups -OCH3 is 1. The Kier molecular flexibility index (Phi) is 6.43. The van der Waals surface area contributed by atoms with E-state index in [1.54, 1.807) is 34.1 Å². The average Bonchev–Trinajstić information content (AvgIpc) is 3.31. The van der Waals surface area contributed by atoms with Crippen molar-refractivity contribution in [2.24, 2.45) is 0 Å². The maximum absolute atomic E-state index is 14.7. The number of rotatable bonds is 5. The molecule has 0 saturated carbocycles. The van der Waals surface area contributed by atoms with E-state index in [1.165, 1.54) is 4.90 Å². The first-order valence-electron chi connectivity index (χ1n) is 11.0. The third kappa shape index (κ3) is 4.47. The molecule has 8 nitrogen and oxygen atoms in total. The monoisotopic (exact) mass is 464 g/mol. The Labute approximate surface area is 191 Å². The molecular formula is C23H30F2N4O4. The van der Waals surface area contributed by atoms with Crippen molar-refractivity contribution >= 4 is 6.09 Å². The predicted molar refractivity (Wildman–Crippen MR) is 116 cm³/mol. The van der Waals surface area contributed by atoms with Gasteiger partial charge in [0.25, 0.3) is 0 Å². The maximum atomic E-state index is 14.7. The zero-order chi connectivity index (χ0) is 23.9. The number of aromatic nitrogens is 2. The van der Waals surface area contributed by atoms with Crippen molar-refractivity contribution < 1.29 is 28.2 Å². The topological polar surface area (TPSA) is 90.9 Å². The molecular weight excluding hydrogens is 434 g/mol. The van der Waals surface area contributed by atoms with Crippen LogP contribution in [0.25, 0.3) is 0 Å². The fourth-order valence-corrected chi connectivity index (χ4v) is 5.16. The van der Waals surface area contributed by atoms with Crippen LogP contribution < -0.4 is 0 Å². The quantitative estimate of drug-likeness (QED) is 0.698. The van der Waals surface area contributed by atoms with Crippen LogP contribution >= 0.6 is 0 Å². The zero-order valence-corrected chi connectivity index (χ0v) is 19.2. The van der Waals surface area contributed by atoms with Gasteiger partial charge in [0.1, 0.15) is 17.7 Å². The molecule has 2 aromatic rings. The molecule has 4 atom stereocenters. The normalized spacial score (nSPS) is 25.8. The molecule has 3 heterocycles. The molecule has 0 spiro atoms. The number of nitrogens with zero attached hydrogens (tertiary/aromatic N) is 3. The number of hydrogen-bond donors (Lipinski definition) is 2. The molecule has 1 aromatic heterocycles. The van der Waals surface area contributed by atoms with Crippen molar-refractivity contribution in [2.45, 2.75) is 63.5 Å². The zero-order valence-electron chi connectivity index (χ0n) is 19.2. The second-order valence-corrected chi connectivity index (χ2v) is 9.65. The Hall–Kier alpha value is -2.56. The summed E-state index contributed by atoms with van der Waals surface area (Å²) in [5, 5.41) is 17.2. The lowest BCUT2D eigenvalue weighted by molar-refractivity contribution is -0.110. The first kappa shape index (κ1) is 23.6. The Bertz CT molecular complexity index is 1010. The van der Waals surface area contributed by atoms with Gasteiger partial charge in [-0.2, -0.15) is 5.10 Å². The van der Waals surface area contributed by atoms with Crippen LogP contribution in [0.4, 0.5) is 13.6 Å². The molecule has 0 radical (unpaired) electrons. The maximum Gasteiger partial charge on any atom is 0.408 e. The standard InChI is InChI=1S/C23H30F2N4O4/c1-23(2,3)29(22(30)31)19-8-14(11-33-21(19)15-7-13(24)5-6-17(15)25)28-10-18-16(9-26-27-18)20(28)12-32-4/h5-7,9,14,19-21H,8,10-12H2,1-4H3,(H,26,27)(H,30,31)/t14-,19+,20+,21-/m1/s1. The van der Waals surface area contributed by atoms with Gasteiger partial charge in [0.2, 0.25) is 0 Å². The van der Waals surface area contributed by atoms with Crippen molar-refractivity contribution in [1.29, 1.82) is 0 Å². The van der Waals surface area contributed by atoms with Crippen LogP contribution in [0.1, 0.15) is 56.2 Å². The van der Waals surface area contributed by atoms with Crippen LogP contribution in [0.3, 0.4) is 0 Å². The summed E-state index contributed by atoms with van der Waals surface area (Å²) < 4.78 is 40.3. The second-order valence-electron chi connectivity index (χ2n) is 9.65. The highest BCUT2D eigenvalue weighted by atomic mass is 19.1. The lowest BCUT2D eigenvalue weighted by atomic mass is 9.88. The van der Waals surface area contributed by atoms with Gasteiger partial charge in [0.15, 0.2) is 0 Å². The highest BCUT2D eigenvalue weighted by Gasteiger charge is 2.47. The Morgan fingerprint density at radius 3 is 2.79 bits per heavy atom. The smallest absolute Gasteiger partial charge is 0.408 e. The van der Waals surface area contributed by atoms with Gasteiger partial charge in [-0.15, -0.1) is 0 Å². The number of amides is 1. The summed E-state index contributed by atoms with van der Waals surface area (Å²) in [6, 6.07) is 2.24. The van der Waals surface area contributed by atoms with Crippen LogP contribution in [-0.2, 0) is 16.0 Å². The van der Waals surface area contributed by atoms with Gasteiger partial charge < -0.3 is 14.6 Å². The number of aromatic amines is 1. The van der Waals surface area contributed by atoms with Crippen LogP contribution in [-0.4, -0.2) is 69.1 Å². The SMILES string of the molecule is COC[C@H]1c2cn[nH]c2CN1[C@H]1CO[C@H](c2cc(F)ccc2F)[C@@H](N(C(=O)O)C(C)(C)C)C1. The number of benzene rings is 1. The van der Waals surface area contributed by atoms with E-state index in [0.29, 0.717) is 19.6 Å². The minimum atomic E-state index is -1.14. The number of carboxylic acid groups (broad SMARTS) is 1. The number of halogens is 2. The highest BCUT2D eigenvalue weighted by Crippen LogP contribution is 2.42. The van der Waals surface area contributed by atoms with Crippen LogP contribution in [0, 0.1) is 11.6 Å². The van der Waals surface area contributed by atoms with E-state index in [9.17, 15) is 18.7 Å². The van der Waals surface area contributed by atoms with Crippen LogP contribution in [0.5, 0.6) is 0 Å². The summed E-state index contributed by atoms with van der Waals surface area (Å²) in [5.74, 6) is -1.22. The van der Waals surface area contributed by atoms with E-state index >= 15 is 0 Å². The average molecular weight is 465 g/mol. The van der Waals surface area contributed by atoms with E-state index < -0.39 is 35.4 Å². The molecule has 2 aliphatic rings. The van der Waals surface area contributed by atoms with Gasteiger partial charge in [0.05, 0.1) is 37.2 Å². The minimum absolute atomic E-state index is 0.0261. The van der Waals surface area contributed by atoms with E-state index in [2.05, 4.69) is 15.1 Å². The predicted octanol–water partition coefficient (Wildman–Crippen LogP) is 3.87. The van der Waals surface area contributed by atoms with Crippen LogP contribution in [0.2, 0.25) is 0 Å². The molecule has 33 heavy (non-hydrogen) atoms. The third-order valence-electron chi connectivity index (χ3n) is 6.50. The highest BCUT2D eigenvalue weighted by molar-refractivity contribution is 5.66. The second kappa shape index (κ2) is 9.00. The number of ether oxygens (including phenoxy) is 2. The summed E-state index contributed by atoms with van der Waals surface area (Å²) >= 11 is 0. The van der Waals surface area contributed by atoms with E-state index in [-0.39, 0.29) is 24.3 Å². The number of carbonyl (C=O) groups is 1. The van der Waals surface area contributed by atoms with Crippen LogP contribution in [0.15, 0.2) is 24.4 Å². The molecule has 10 heteroatoms. The fourth-order valence-electron chi connectivity index (χ4n) is 5.16. The molecule has 1 saturated heterocycles. The summed E-state index contributed by atoms with van der Waals surface area (Å²) in [6.07, 6.45) is 0.101. The van der Waals surface area contributed by atoms with Gasteiger partial charge >= 0.3 is 6.09 Å². The lowest BCUT2D eigenvalue weighted by Crippen LogP contribution is -2.58. The van der Waals surface area contributed by atoms with Crippen molar-refractivity contribution in [3.8, 4) is 0 Å². The molecule has 2 N–H and O–H groups in total. The first-order chi connectivity index (χ1) is 15.6. The molecule has 0 aliphatic carbocycles. The summed E-state index contributed by atoms with van der Waals surface area (Å²) in [6.45, 7) is 6.62. The molecule has 1 aromatic carbocycles. The summed E-state index contributed by atoms with van der Waals surface area (Å²) in [7, 11) is 1.63. The van der Waals surface area contributed by atoms with Crippen molar-refractivity contribution in [3.63, 3.8) is 0 Å².